The van der Waals surface area contributed by atoms with E-state index in [0.717, 1.165) is 96.8 Å². The lowest BCUT2D eigenvalue weighted by atomic mass is 9.83. The summed E-state index contributed by atoms with van der Waals surface area (Å²) in [6.45, 7) is 4.12. The first kappa shape index (κ1) is 45.2. The molecule has 5 aromatic rings. The predicted molar refractivity (Wildman–Crippen MR) is 271 cm³/mol. The van der Waals surface area contributed by atoms with Crippen LogP contribution in [-0.2, 0) is 10.3 Å². The average Bonchev–Trinajstić information content (AvgIpc) is 4.16. The van der Waals surface area contributed by atoms with Crippen molar-refractivity contribution in [2.24, 2.45) is 0 Å². The van der Waals surface area contributed by atoms with Crippen LogP contribution in [0.1, 0.15) is 128 Å². The summed E-state index contributed by atoms with van der Waals surface area (Å²) in [6.07, 6.45) is 20.6. The molecular formula is C56H56Cl4N2O4. The van der Waals surface area contributed by atoms with Crippen LogP contribution in [0.25, 0.3) is 11.1 Å². The van der Waals surface area contributed by atoms with E-state index < -0.39 is 11.6 Å². The third kappa shape index (κ3) is 9.46. The minimum atomic E-state index is -1.62. The zero-order valence-electron chi connectivity index (χ0n) is 37.3. The molecule has 66 heavy (non-hydrogen) atoms. The number of halogens is 4. The number of hydrogen-bond donors (Lipinski definition) is 0. The predicted octanol–water partition coefficient (Wildman–Crippen LogP) is 15.6. The summed E-state index contributed by atoms with van der Waals surface area (Å²) in [5.41, 5.74) is 6.45. The van der Waals surface area contributed by atoms with Gasteiger partial charge in [-0.05, 0) is 171 Å². The Labute approximate surface area is 409 Å². The van der Waals surface area contributed by atoms with Gasteiger partial charge in [0.05, 0.1) is 37.9 Å². The number of cyclic esters (lactones) is 1. The van der Waals surface area contributed by atoms with E-state index in [-0.39, 0.29) is 37.9 Å². The van der Waals surface area contributed by atoms with E-state index in [9.17, 15) is 4.79 Å². The lowest BCUT2D eigenvalue weighted by molar-refractivity contribution is 0.0300. The molecular weight excluding hydrogens is 906 g/mol. The summed E-state index contributed by atoms with van der Waals surface area (Å²) in [5, 5.41) is 0.143. The van der Waals surface area contributed by atoms with E-state index in [1.54, 1.807) is 0 Å². The van der Waals surface area contributed by atoms with E-state index in [4.69, 9.17) is 60.6 Å². The SMILES string of the molecule is O=C1OC(/C=C(/c2ccc(OC3CCCCC3)cc2)c2ccc(N3CCCC3)cc2)(/C=C(/c2ccc(OC3CCCCC3)cc2)c2ccc(N3CCCC3)cc2)c2c(Cl)c(Cl)c(Cl)c(Cl)c21. The molecule has 5 aliphatic rings. The van der Waals surface area contributed by atoms with Gasteiger partial charge in [-0.2, -0.15) is 0 Å². The first-order valence-corrected chi connectivity index (χ1v) is 25.5. The Kier molecular flexibility index (Phi) is 13.7. The number of esters is 1. The monoisotopic (exact) mass is 960 g/mol. The molecule has 0 spiro atoms. The number of nitrogens with zero attached hydrogens (tertiary/aromatic N) is 2. The fraction of sp³-hybridized carbons (Fsp3) is 0.375. The number of anilines is 2. The Morgan fingerprint density at radius 2 is 0.848 bits per heavy atom. The molecule has 2 aliphatic carbocycles. The fourth-order valence-corrected chi connectivity index (χ4v) is 11.7. The Morgan fingerprint density at radius 3 is 1.24 bits per heavy atom. The highest BCUT2D eigenvalue weighted by Crippen LogP contribution is 2.54. The molecule has 0 aromatic heterocycles. The van der Waals surface area contributed by atoms with Gasteiger partial charge < -0.3 is 24.0 Å². The summed E-state index contributed by atoms with van der Waals surface area (Å²) in [4.78, 5) is 19.3. The normalized spacial score (nSPS) is 19.3. The van der Waals surface area contributed by atoms with Crippen LogP contribution in [0, 0.1) is 0 Å². The topological polar surface area (TPSA) is 51.2 Å². The van der Waals surface area contributed by atoms with Gasteiger partial charge in [0, 0.05) is 43.1 Å². The Balaban J connectivity index is 1.17. The highest BCUT2D eigenvalue weighted by molar-refractivity contribution is 6.53. The van der Waals surface area contributed by atoms with Crippen LogP contribution in [0.4, 0.5) is 11.4 Å². The minimum absolute atomic E-state index is 0.000326. The molecule has 3 aliphatic heterocycles. The number of ether oxygens (including phenoxy) is 3. The van der Waals surface area contributed by atoms with Crippen LogP contribution in [-0.4, -0.2) is 44.4 Å². The molecule has 0 N–H and O–H groups in total. The molecule has 0 radical (unpaired) electrons. The van der Waals surface area contributed by atoms with E-state index in [1.807, 2.05) is 36.4 Å². The highest BCUT2D eigenvalue weighted by Gasteiger charge is 2.48. The van der Waals surface area contributed by atoms with Crippen LogP contribution in [0.2, 0.25) is 20.1 Å². The maximum absolute atomic E-state index is 14.5. The minimum Gasteiger partial charge on any atom is -0.490 e. The van der Waals surface area contributed by atoms with Crippen molar-refractivity contribution < 1.29 is 19.0 Å². The second-order valence-electron chi connectivity index (χ2n) is 18.6. The van der Waals surface area contributed by atoms with Crippen LogP contribution < -0.4 is 19.3 Å². The van der Waals surface area contributed by atoms with Gasteiger partial charge in [-0.3, -0.25) is 0 Å². The van der Waals surface area contributed by atoms with Gasteiger partial charge in [0.25, 0.3) is 0 Å². The lowest BCUT2D eigenvalue weighted by Gasteiger charge is -2.28. The van der Waals surface area contributed by atoms with E-state index in [0.29, 0.717) is 5.56 Å². The van der Waals surface area contributed by atoms with Crippen LogP contribution in [0.5, 0.6) is 11.5 Å². The average molecular weight is 963 g/mol. The van der Waals surface area contributed by atoms with Crippen molar-refractivity contribution in [1.82, 2.24) is 0 Å². The molecule has 0 unspecified atom stereocenters. The number of fused-ring (bicyclic) bond motifs is 1. The molecule has 4 fully saturated rings. The van der Waals surface area contributed by atoms with Crippen LogP contribution in [0.15, 0.2) is 109 Å². The molecule has 3 heterocycles. The first-order valence-electron chi connectivity index (χ1n) is 24.0. The van der Waals surface area contributed by atoms with Gasteiger partial charge in [0.15, 0.2) is 5.60 Å². The van der Waals surface area contributed by atoms with E-state index >= 15 is 0 Å². The Morgan fingerprint density at radius 1 is 0.485 bits per heavy atom. The third-order valence-electron chi connectivity index (χ3n) is 14.2. The second kappa shape index (κ2) is 19.9. The van der Waals surface area contributed by atoms with Crippen molar-refractivity contribution in [3.8, 4) is 11.5 Å². The first-order chi connectivity index (χ1) is 32.2. The summed E-state index contributed by atoms with van der Waals surface area (Å²) < 4.78 is 19.8. The molecule has 5 aromatic carbocycles. The van der Waals surface area contributed by atoms with Gasteiger partial charge in [0.2, 0.25) is 0 Å². The van der Waals surface area contributed by atoms with Crippen molar-refractivity contribution in [3.63, 3.8) is 0 Å². The Bertz CT molecular complexity index is 2450. The van der Waals surface area contributed by atoms with Gasteiger partial charge in [-0.1, -0.05) is 108 Å². The lowest BCUT2D eigenvalue weighted by Crippen LogP contribution is -2.23. The van der Waals surface area contributed by atoms with Gasteiger partial charge in [-0.15, -0.1) is 0 Å². The standard InChI is InChI=1S/C56H56Cl4N2O4/c57-51-49-50(52(58)54(60)53(51)59)56(66-55(49)63,35-47(37-15-23-41(24-16-37)61-31-7-8-32-61)39-19-27-45(28-20-39)64-43-11-3-1-4-12-43)36-48(38-17-25-42(26-18-38)62-33-9-10-34-62)40-21-29-46(30-22-40)65-44-13-5-2-6-14-44/h15-30,35-36,43-44H,1-14,31-34H2/b47-35+,48-36+. The summed E-state index contributed by atoms with van der Waals surface area (Å²) in [7, 11) is 0. The van der Waals surface area contributed by atoms with Gasteiger partial charge >= 0.3 is 5.97 Å². The van der Waals surface area contributed by atoms with Gasteiger partial charge in [0.1, 0.15) is 11.5 Å². The number of rotatable bonds is 12. The number of carbonyl (C=O) groups excluding carboxylic acids is 1. The maximum Gasteiger partial charge on any atom is 0.341 e. The smallest absolute Gasteiger partial charge is 0.341 e. The molecule has 10 heteroatoms. The van der Waals surface area contributed by atoms with Crippen LogP contribution in [0.3, 0.4) is 0 Å². The quantitative estimate of drug-likeness (QED) is 0.0705. The fourth-order valence-electron chi connectivity index (χ4n) is 10.6. The maximum atomic E-state index is 14.5. The molecule has 0 bridgehead atoms. The molecule has 2 saturated heterocycles. The summed E-state index contributed by atoms with van der Waals surface area (Å²) in [5.74, 6) is 1.00. The molecule has 10 rings (SSSR count). The number of benzene rings is 5. The zero-order valence-corrected chi connectivity index (χ0v) is 40.3. The Hall–Kier alpha value is -4.59. The third-order valence-corrected chi connectivity index (χ3v) is 16.0. The van der Waals surface area contributed by atoms with Crippen molar-refractivity contribution >= 4 is 74.9 Å². The summed E-state index contributed by atoms with van der Waals surface area (Å²) >= 11 is 27.9. The molecule has 6 nitrogen and oxygen atoms in total. The van der Waals surface area contributed by atoms with E-state index in [1.165, 1.54) is 75.6 Å². The largest absolute Gasteiger partial charge is 0.490 e. The molecule has 0 atom stereocenters. The van der Waals surface area contributed by atoms with Crippen molar-refractivity contribution in [1.29, 1.82) is 0 Å². The molecule has 342 valence electrons. The van der Waals surface area contributed by atoms with E-state index in [2.05, 4.69) is 82.6 Å². The number of carbonyl (C=O) groups is 1. The van der Waals surface area contributed by atoms with Crippen molar-refractivity contribution in [3.05, 3.63) is 163 Å². The zero-order chi connectivity index (χ0) is 45.2. The molecule has 2 saturated carbocycles. The van der Waals surface area contributed by atoms with Crippen molar-refractivity contribution in [2.45, 2.75) is 108 Å². The van der Waals surface area contributed by atoms with Crippen LogP contribution >= 0.6 is 46.4 Å². The van der Waals surface area contributed by atoms with Gasteiger partial charge in [-0.25, -0.2) is 4.79 Å². The van der Waals surface area contributed by atoms with Crippen molar-refractivity contribution in [2.75, 3.05) is 36.0 Å². The highest BCUT2D eigenvalue weighted by atomic mass is 35.5. The number of hydrogen-bond acceptors (Lipinski definition) is 6. The second-order valence-corrected chi connectivity index (χ2v) is 20.1. The molecule has 0 amide bonds. The summed E-state index contributed by atoms with van der Waals surface area (Å²) in [6, 6.07) is 33.8.